The molecular weight excluding hydrogens is 447 g/mol. The predicted molar refractivity (Wildman–Crippen MR) is 133 cm³/mol. The Labute approximate surface area is 197 Å². The molecule has 0 bridgehead atoms. The monoisotopic (exact) mass is 470 g/mol. The topological polar surface area (TPSA) is 83.8 Å². The van der Waals surface area contributed by atoms with Crippen LogP contribution in [0.1, 0.15) is 39.9 Å². The maximum Gasteiger partial charge on any atom is 0.356 e. The smallest absolute Gasteiger partial charge is 0.356 e. The summed E-state index contributed by atoms with van der Waals surface area (Å²) in [5.74, 6) is 0.508. The molecular formula is C28H23O5P. The first-order chi connectivity index (χ1) is 16.3. The highest BCUT2D eigenvalue weighted by molar-refractivity contribution is 7.60. The Morgan fingerprint density at radius 1 is 0.824 bits per heavy atom. The summed E-state index contributed by atoms with van der Waals surface area (Å²) >= 11 is 0. The van der Waals surface area contributed by atoms with Gasteiger partial charge in [-0.05, 0) is 70.6 Å². The van der Waals surface area contributed by atoms with Gasteiger partial charge in [-0.3, -0.25) is 9.36 Å². The first-order valence-electron chi connectivity index (χ1n) is 10.9. The van der Waals surface area contributed by atoms with E-state index in [1.54, 1.807) is 32.2 Å². The number of Topliss-reactive ketones (excluding diaryl/α,β-unsaturated/α-hetero) is 1. The number of fused-ring (bicyclic) bond motifs is 3. The number of hydrogen-bond acceptors (Lipinski definition) is 3. The lowest BCUT2D eigenvalue weighted by atomic mass is 9.84. The van der Waals surface area contributed by atoms with E-state index in [9.17, 15) is 19.1 Å². The minimum atomic E-state index is -4.33. The fourth-order valence-electron chi connectivity index (χ4n) is 4.84. The molecule has 34 heavy (non-hydrogen) atoms. The van der Waals surface area contributed by atoms with Crippen LogP contribution in [0, 0.1) is 0 Å². The Bertz CT molecular complexity index is 1470. The Kier molecular flexibility index (Phi) is 5.49. The van der Waals surface area contributed by atoms with Crippen LogP contribution in [0.2, 0.25) is 0 Å². The Morgan fingerprint density at radius 3 is 2.12 bits per heavy atom. The van der Waals surface area contributed by atoms with Gasteiger partial charge in [0.1, 0.15) is 5.75 Å². The summed E-state index contributed by atoms with van der Waals surface area (Å²) in [6.07, 6.45) is 0. The number of rotatable bonds is 5. The van der Waals surface area contributed by atoms with Gasteiger partial charge in [-0.1, -0.05) is 54.6 Å². The Hall–Kier alpha value is -3.50. The zero-order valence-electron chi connectivity index (χ0n) is 18.7. The summed E-state index contributed by atoms with van der Waals surface area (Å²) < 4.78 is 17.4. The highest BCUT2D eigenvalue weighted by atomic mass is 31.2. The normalized spacial score (nSPS) is 14.4. The van der Waals surface area contributed by atoms with E-state index < -0.39 is 7.60 Å². The van der Waals surface area contributed by atoms with Crippen molar-refractivity contribution in [2.75, 3.05) is 7.11 Å². The van der Waals surface area contributed by atoms with E-state index in [0.717, 1.165) is 38.9 Å². The third-order valence-electron chi connectivity index (χ3n) is 6.42. The third kappa shape index (κ3) is 3.68. The second-order valence-corrected chi connectivity index (χ2v) is 10.00. The Balaban J connectivity index is 1.77. The van der Waals surface area contributed by atoms with E-state index in [0.29, 0.717) is 11.3 Å². The van der Waals surface area contributed by atoms with Crippen LogP contribution in [0.3, 0.4) is 0 Å². The van der Waals surface area contributed by atoms with E-state index >= 15 is 0 Å². The van der Waals surface area contributed by atoms with Gasteiger partial charge in [0, 0.05) is 17.0 Å². The number of ketones is 1. The molecule has 5 nitrogen and oxygen atoms in total. The van der Waals surface area contributed by atoms with Gasteiger partial charge in [0.2, 0.25) is 0 Å². The fourth-order valence-corrected chi connectivity index (χ4v) is 5.38. The van der Waals surface area contributed by atoms with E-state index in [1.807, 2.05) is 36.4 Å². The summed E-state index contributed by atoms with van der Waals surface area (Å²) in [6, 6.07) is 26.3. The summed E-state index contributed by atoms with van der Waals surface area (Å²) in [4.78, 5) is 31.2. The molecule has 1 aliphatic carbocycles. The van der Waals surface area contributed by atoms with Gasteiger partial charge < -0.3 is 14.5 Å². The highest BCUT2D eigenvalue weighted by Gasteiger charge is 2.33. The van der Waals surface area contributed by atoms with Crippen LogP contribution in [0.15, 0.2) is 84.9 Å². The lowest BCUT2D eigenvalue weighted by Gasteiger charge is -2.20. The van der Waals surface area contributed by atoms with Crippen molar-refractivity contribution in [2.45, 2.75) is 12.8 Å². The van der Waals surface area contributed by atoms with Gasteiger partial charge in [-0.15, -0.1) is 0 Å². The largest absolute Gasteiger partial charge is 0.496 e. The minimum Gasteiger partial charge on any atom is -0.496 e. The van der Waals surface area contributed by atoms with Crippen molar-refractivity contribution < 1.29 is 23.9 Å². The summed E-state index contributed by atoms with van der Waals surface area (Å²) in [5.41, 5.74) is 7.72. The first-order valence-corrected chi connectivity index (χ1v) is 12.5. The SMILES string of the molecule is COc1ccc(C(C)=O)cc1-c1cccc2c1[C@@H](c1ccc(P(=O)(O)O)cc1)c1ccccc1-2. The van der Waals surface area contributed by atoms with Crippen molar-refractivity contribution in [1.82, 2.24) is 0 Å². The second kappa shape index (κ2) is 8.37. The molecule has 0 fully saturated rings. The lowest BCUT2D eigenvalue weighted by molar-refractivity contribution is 0.101. The van der Waals surface area contributed by atoms with Gasteiger partial charge in [-0.25, -0.2) is 0 Å². The molecule has 0 spiro atoms. The molecule has 0 saturated carbocycles. The second-order valence-electron chi connectivity index (χ2n) is 8.39. The maximum atomic E-state index is 12.1. The molecule has 0 amide bonds. The molecule has 4 aromatic rings. The predicted octanol–water partition coefficient (Wildman–Crippen LogP) is 5.53. The number of carbonyl (C=O) groups excluding carboxylic acids is 1. The van der Waals surface area contributed by atoms with Crippen molar-refractivity contribution in [2.24, 2.45) is 0 Å². The fraction of sp³-hybridized carbons (Fsp3) is 0.107. The average Bonchev–Trinajstić information content (AvgIpc) is 3.18. The van der Waals surface area contributed by atoms with Gasteiger partial charge in [0.05, 0.1) is 12.4 Å². The Morgan fingerprint density at radius 2 is 1.47 bits per heavy atom. The molecule has 0 heterocycles. The zero-order valence-corrected chi connectivity index (χ0v) is 19.6. The molecule has 5 rings (SSSR count). The molecule has 0 aliphatic heterocycles. The highest BCUT2D eigenvalue weighted by Crippen LogP contribution is 2.52. The quantitative estimate of drug-likeness (QED) is 0.261. The van der Waals surface area contributed by atoms with Crippen LogP contribution >= 0.6 is 7.60 Å². The molecule has 1 atom stereocenters. The molecule has 0 saturated heterocycles. The number of ether oxygens (including phenoxy) is 1. The molecule has 170 valence electrons. The number of methoxy groups -OCH3 is 1. The van der Waals surface area contributed by atoms with E-state index in [2.05, 4.69) is 18.2 Å². The van der Waals surface area contributed by atoms with E-state index in [1.165, 1.54) is 12.1 Å². The van der Waals surface area contributed by atoms with Crippen molar-refractivity contribution in [3.63, 3.8) is 0 Å². The molecule has 1 aliphatic rings. The van der Waals surface area contributed by atoms with Gasteiger partial charge in [0.15, 0.2) is 5.78 Å². The molecule has 6 heteroatoms. The molecule has 4 aromatic carbocycles. The van der Waals surface area contributed by atoms with Gasteiger partial charge in [0.25, 0.3) is 0 Å². The van der Waals surface area contributed by atoms with Crippen LogP contribution in [-0.2, 0) is 4.57 Å². The van der Waals surface area contributed by atoms with Crippen molar-refractivity contribution >= 4 is 18.7 Å². The molecule has 0 unspecified atom stereocenters. The maximum absolute atomic E-state index is 12.1. The van der Waals surface area contributed by atoms with Crippen LogP contribution in [0.25, 0.3) is 22.3 Å². The molecule has 0 aromatic heterocycles. The molecule has 0 radical (unpaired) electrons. The summed E-state index contributed by atoms with van der Waals surface area (Å²) in [5, 5.41) is -0.00753. The van der Waals surface area contributed by atoms with Crippen molar-refractivity contribution in [1.29, 1.82) is 0 Å². The van der Waals surface area contributed by atoms with Crippen molar-refractivity contribution in [3.8, 4) is 28.0 Å². The van der Waals surface area contributed by atoms with Gasteiger partial charge >= 0.3 is 7.60 Å². The standard InChI is InChI=1S/C28H23O5P/c1-17(29)19-12-15-26(33-2)25(16-19)24-9-5-8-23-21-6-3-4-7-22(21)27(28(23)24)18-10-13-20(14-11-18)34(30,31)32/h3-16,27H,1-2H3,(H2,30,31,32)/t27-/m0/s1. The lowest BCUT2D eigenvalue weighted by Crippen LogP contribution is -2.07. The third-order valence-corrected chi connectivity index (χ3v) is 7.39. The van der Waals surface area contributed by atoms with Crippen LogP contribution < -0.4 is 10.0 Å². The zero-order chi connectivity index (χ0) is 24.0. The van der Waals surface area contributed by atoms with Crippen LogP contribution in [0.5, 0.6) is 5.75 Å². The van der Waals surface area contributed by atoms with Crippen LogP contribution in [-0.4, -0.2) is 22.7 Å². The van der Waals surface area contributed by atoms with Gasteiger partial charge in [-0.2, -0.15) is 0 Å². The minimum absolute atomic E-state index is 0.00753. The van der Waals surface area contributed by atoms with Crippen molar-refractivity contribution in [3.05, 3.63) is 107 Å². The van der Waals surface area contributed by atoms with E-state index in [4.69, 9.17) is 4.74 Å². The summed E-state index contributed by atoms with van der Waals surface area (Å²) in [7, 11) is -2.72. The number of carbonyl (C=O) groups is 1. The number of hydrogen-bond donors (Lipinski definition) is 2. The first kappa shape index (κ1) is 22.3. The molecule has 2 N–H and O–H groups in total. The average molecular weight is 470 g/mol. The number of benzene rings is 4. The van der Waals surface area contributed by atoms with E-state index in [-0.39, 0.29) is 17.0 Å². The van der Waals surface area contributed by atoms with Crippen LogP contribution in [0.4, 0.5) is 0 Å². The summed E-state index contributed by atoms with van der Waals surface area (Å²) in [6.45, 7) is 1.54.